The van der Waals surface area contributed by atoms with E-state index in [1.165, 1.54) is 0 Å². The highest BCUT2D eigenvalue weighted by molar-refractivity contribution is 9.10. The third kappa shape index (κ3) is 3.21. The first kappa shape index (κ1) is 15.8. The Labute approximate surface area is 121 Å². The van der Waals surface area contributed by atoms with E-state index in [-0.39, 0.29) is 0 Å². The standard InChI is InChI=1S/C14H19BrO4/c1-8-11(18-4)9(6-10(15)12(8)19-5)7-14(2,3)13(16)17/h6H,7H2,1-5H3,(H,16,17). The maximum Gasteiger partial charge on any atom is 0.309 e. The minimum atomic E-state index is -0.853. The van der Waals surface area contributed by atoms with E-state index in [9.17, 15) is 9.90 Å². The first-order valence-corrected chi connectivity index (χ1v) is 6.67. The molecule has 0 aromatic heterocycles. The molecule has 5 heteroatoms. The van der Waals surface area contributed by atoms with Gasteiger partial charge in [-0.3, -0.25) is 4.79 Å². The molecular formula is C14H19BrO4. The molecule has 1 N–H and O–H groups in total. The molecule has 0 radical (unpaired) electrons. The predicted octanol–water partition coefficient (Wildman–Crippen LogP) is 3.43. The van der Waals surface area contributed by atoms with Crippen molar-refractivity contribution in [3.05, 3.63) is 21.7 Å². The van der Waals surface area contributed by atoms with Crippen molar-refractivity contribution in [3.63, 3.8) is 0 Å². The van der Waals surface area contributed by atoms with Gasteiger partial charge in [-0.25, -0.2) is 0 Å². The quantitative estimate of drug-likeness (QED) is 0.898. The summed E-state index contributed by atoms with van der Waals surface area (Å²) in [4.78, 5) is 11.2. The summed E-state index contributed by atoms with van der Waals surface area (Å²) in [7, 11) is 3.17. The summed E-state index contributed by atoms with van der Waals surface area (Å²) in [5, 5.41) is 9.23. The fraction of sp³-hybridized carbons (Fsp3) is 0.500. The molecular weight excluding hydrogens is 312 g/mol. The maximum atomic E-state index is 11.2. The first-order chi connectivity index (χ1) is 8.74. The minimum absolute atomic E-state index is 0.384. The lowest BCUT2D eigenvalue weighted by molar-refractivity contribution is -0.146. The Morgan fingerprint density at radius 1 is 1.32 bits per heavy atom. The molecule has 0 aliphatic rings. The van der Waals surface area contributed by atoms with Crippen LogP contribution in [-0.4, -0.2) is 25.3 Å². The monoisotopic (exact) mass is 330 g/mol. The molecule has 0 bridgehead atoms. The van der Waals surface area contributed by atoms with Gasteiger partial charge in [0.1, 0.15) is 11.5 Å². The highest BCUT2D eigenvalue weighted by Crippen LogP contribution is 2.40. The summed E-state index contributed by atoms with van der Waals surface area (Å²) < 4.78 is 11.5. The number of benzene rings is 1. The number of carboxylic acids is 1. The van der Waals surface area contributed by atoms with Crippen molar-refractivity contribution < 1.29 is 19.4 Å². The molecule has 0 fully saturated rings. The summed E-state index contributed by atoms with van der Waals surface area (Å²) in [6.07, 6.45) is 0.384. The van der Waals surface area contributed by atoms with E-state index in [1.807, 2.05) is 13.0 Å². The van der Waals surface area contributed by atoms with E-state index < -0.39 is 11.4 Å². The van der Waals surface area contributed by atoms with Crippen molar-refractivity contribution in [3.8, 4) is 11.5 Å². The van der Waals surface area contributed by atoms with E-state index in [1.54, 1.807) is 28.1 Å². The first-order valence-electron chi connectivity index (χ1n) is 5.88. The van der Waals surface area contributed by atoms with Crippen LogP contribution in [0.4, 0.5) is 0 Å². The number of methoxy groups -OCH3 is 2. The Morgan fingerprint density at radius 3 is 2.26 bits per heavy atom. The number of aliphatic carboxylic acids is 1. The summed E-state index contributed by atoms with van der Waals surface area (Å²) in [5.41, 5.74) is 0.851. The minimum Gasteiger partial charge on any atom is -0.496 e. The van der Waals surface area contributed by atoms with Crippen LogP contribution >= 0.6 is 15.9 Å². The molecule has 1 rings (SSSR count). The zero-order valence-electron chi connectivity index (χ0n) is 11.8. The Hall–Kier alpha value is -1.23. The number of hydrogen-bond donors (Lipinski definition) is 1. The molecule has 0 amide bonds. The van der Waals surface area contributed by atoms with Gasteiger partial charge < -0.3 is 14.6 Å². The molecule has 1 aromatic carbocycles. The smallest absolute Gasteiger partial charge is 0.309 e. The number of ether oxygens (including phenoxy) is 2. The lowest BCUT2D eigenvalue weighted by Gasteiger charge is -2.22. The number of rotatable bonds is 5. The lowest BCUT2D eigenvalue weighted by atomic mass is 9.85. The molecule has 0 unspecified atom stereocenters. The summed E-state index contributed by atoms with van der Waals surface area (Å²) >= 11 is 3.44. The molecule has 0 saturated carbocycles. The van der Waals surface area contributed by atoms with Crippen molar-refractivity contribution in [1.29, 1.82) is 0 Å². The third-order valence-electron chi connectivity index (χ3n) is 3.11. The maximum absolute atomic E-state index is 11.2. The van der Waals surface area contributed by atoms with E-state index in [0.717, 1.165) is 15.6 Å². The molecule has 0 heterocycles. The fourth-order valence-electron chi connectivity index (χ4n) is 2.02. The van der Waals surface area contributed by atoms with Crippen LogP contribution in [0.5, 0.6) is 11.5 Å². The van der Waals surface area contributed by atoms with E-state index in [2.05, 4.69) is 15.9 Å². The summed E-state index contributed by atoms with van der Waals surface area (Å²) in [6, 6.07) is 1.86. The van der Waals surface area contributed by atoms with Gasteiger partial charge in [0.15, 0.2) is 0 Å². The second-order valence-electron chi connectivity index (χ2n) is 5.07. The highest BCUT2D eigenvalue weighted by atomic mass is 79.9. The molecule has 0 saturated heterocycles. The lowest BCUT2D eigenvalue weighted by Crippen LogP contribution is -2.26. The molecule has 0 atom stereocenters. The predicted molar refractivity (Wildman–Crippen MR) is 77.1 cm³/mol. The average molecular weight is 331 g/mol. The van der Waals surface area contributed by atoms with Crippen LogP contribution in [0.2, 0.25) is 0 Å². The van der Waals surface area contributed by atoms with Crippen molar-refractivity contribution >= 4 is 21.9 Å². The Bertz CT molecular complexity index is 495. The summed E-state index contributed by atoms with van der Waals surface area (Å²) in [5.74, 6) is 0.544. The van der Waals surface area contributed by atoms with Crippen LogP contribution in [0, 0.1) is 12.3 Å². The highest BCUT2D eigenvalue weighted by Gasteiger charge is 2.30. The number of carboxylic acid groups (broad SMARTS) is 1. The third-order valence-corrected chi connectivity index (χ3v) is 3.70. The second kappa shape index (κ2) is 5.82. The zero-order valence-corrected chi connectivity index (χ0v) is 13.4. The van der Waals surface area contributed by atoms with Gasteiger partial charge in [0.2, 0.25) is 0 Å². The van der Waals surface area contributed by atoms with Crippen LogP contribution in [0.25, 0.3) is 0 Å². The molecule has 1 aromatic rings. The Morgan fingerprint density at radius 2 is 1.84 bits per heavy atom. The Balaban J connectivity index is 3.33. The van der Waals surface area contributed by atoms with Crippen molar-refractivity contribution in [2.24, 2.45) is 5.41 Å². The van der Waals surface area contributed by atoms with Crippen LogP contribution in [0.15, 0.2) is 10.5 Å². The number of hydrogen-bond acceptors (Lipinski definition) is 3. The molecule has 4 nitrogen and oxygen atoms in total. The SMILES string of the molecule is COc1c(Br)cc(CC(C)(C)C(=O)O)c(OC)c1C. The van der Waals surface area contributed by atoms with Gasteiger partial charge in [-0.05, 0) is 54.8 Å². The fourth-order valence-corrected chi connectivity index (χ4v) is 2.76. The molecule has 0 aliphatic heterocycles. The average Bonchev–Trinajstić information content (AvgIpc) is 2.28. The van der Waals surface area contributed by atoms with E-state index in [0.29, 0.717) is 17.9 Å². The van der Waals surface area contributed by atoms with Gasteiger partial charge >= 0.3 is 5.97 Å². The molecule has 0 aliphatic carbocycles. The Kier molecular flexibility index (Phi) is 4.85. The number of carbonyl (C=O) groups is 1. The molecule has 106 valence electrons. The van der Waals surface area contributed by atoms with Gasteiger partial charge in [0, 0.05) is 5.56 Å². The summed E-state index contributed by atoms with van der Waals surface area (Å²) in [6.45, 7) is 5.28. The van der Waals surface area contributed by atoms with Crippen LogP contribution in [0.3, 0.4) is 0 Å². The van der Waals surface area contributed by atoms with Crippen molar-refractivity contribution in [2.45, 2.75) is 27.2 Å². The molecule has 19 heavy (non-hydrogen) atoms. The van der Waals surface area contributed by atoms with Crippen LogP contribution in [-0.2, 0) is 11.2 Å². The van der Waals surface area contributed by atoms with E-state index >= 15 is 0 Å². The second-order valence-corrected chi connectivity index (χ2v) is 5.93. The van der Waals surface area contributed by atoms with Crippen LogP contribution in [0.1, 0.15) is 25.0 Å². The van der Waals surface area contributed by atoms with Gasteiger partial charge in [-0.1, -0.05) is 0 Å². The van der Waals surface area contributed by atoms with Gasteiger partial charge in [-0.15, -0.1) is 0 Å². The van der Waals surface area contributed by atoms with Gasteiger partial charge in [-0.2, -0.15) is 0 Å². The zero-order chi connectivity index (χ0) is 14.8. The van der Waals surface area contributed by atoms with E-state index in [4.69, 9.17) is 9.47 Å². The normalized spacial score (nSPS) is 11.3. The van der Waals surface area contributed by atoms with Crippen molar-refractivity contribution in [2.75, 3.05) is 14.2 Å². The largest absolute Gasteiger partial charge is 0.496 e. The number of halogens is 1. The van der Waals surface area contributed by atoms with Crippen LogP contribution < -0.4 is 9.47 Å². The van der Waals surface area contributed by atoms with Gasteiger partial charge in [0.25, 0.3) is 0 Å². The van der Waals surface area contributed by atoms with Gasteiger partial charge in [0.05, 0.1) is 24.1 Å². The van der Waals surface area contributed by atoms with Crippen molar-refractivity contribution in [1.82, 2.24) is 0 Å². The molecule has 0 spiro atoms. The topological polar surface area (TPSA) is 55.8 Å².